The molecule has 0 aromatic rings. The standard InChI is InChI=1S/C16H28N2O3/c1-2-21-16(20)14-5-3-4-10-18(14)15(19)13-8-6-12(11-17)7-9-13/h12-14H,2-11,17H2,1H3. The third-order valence-electron chi connectivity index (χ3n) is 4.87. The summed E-state index contributed by atoms with van der Waals surface area (Å²) in [6.45, 7) is 3.59. The summed E-state index contributed by atoms with van der Waals surface area (Å²) in [5.74, 6) is 0.559. The maximum atomic E-state index is 12.8. The Kier molecular flexibility index (Phi) is 6.03. The molecular formula is C16H28N2O3. The number of carbonyl (C=O) groups excluding carboxylic acids is 2. The molecule has 0 radical (unpaired) electrons. The molecule has 1 amide bonds. The first-order valence-electron chi connectivity index (χ1n) is 8.34. The van der Waals surface area contributed by atoms with E-state index in [0.717, 1.165) is 51.5 Å². The molecule has 1 heterocycles. The number of nitrogens with two attached hydrogens (primary N) is 1. The summed E-state index contributed by atoms with van der Waals surface area (Å²) in [4.78, 5) is 26.6. The number of ether oxygens (including phenoxy) is 1. The number of likely N-dealkylation sites (tertiary alicyclic amines) is 1. The summed E-state index contributed by atoms with van der Waals surface area (Å²) in [5, 5.41) is 0. The zero-order chi connectivity index (χ0) is 15.2. The quantitative estimate of drug-likeness (QED) is 0.801. The van der Waals surface area contributed by atoms with Gasteiger partial charge in [0.1, 0.15) is 6.04 Å². The van der Waals surface area contributed by atoms with Crippen molar-refractivity contribution in [2.45, 2.75) is 57.9 Å². The predicted octanol–water partition coefficient (Wildman–Crippen LogP) is 1.70. The van der Waals surface area contributed by atoms with Gasteiger partial charge in [0.2, 0.25) is 5.91 Å². The highest BCUT2D eigenvalue weighted by atomic mass is 16.5. The number of nitrogens with zero attached hydrogens (tertiary/aromatic N) is 1. The summed E-state index contributed by atoms with van der Waals surface area (Å²) in [7, 11) is 0. The summed E-state index contributed by atoms with van der Waals surface area (Å²) in [6, 6.07) is -0.363. The fraction of sp³-hybridized carbons (Fsp3) is 0.875. The maximum absolute atomic E-state index is 12.8. The van der Waals surface area contributed by atoms with Crippen LogP contribution < -0.4 is 5.73 Å². The SMILES string of the molecule is CCOC(=O)C1CCCCN1C(=O)C1CCC(CN)CC1. The van der Waals surface area contributed by atoms with E-state index in [2.05, 4.69) is 0 Å². The number of hydrogen-bond acceptors (Lipinski definition) is 4. The van der Waals surface area contributed by atoms with E-state index >= 15 is 0 Å². The molecule has 1 unspecified atom stereocenters. The van der Waals surface area contributed by atoms with Crippen molar-refractivity contribution < 1.29 is 14.3 Å². The van der Waals surface area contributed by atoms with E-state index in [1.807, 2.05) is 0 Å². The van der Waals surface area contributed by atoms with Crippen molar-refractivity contribution in [1.29, 1.82) is 0 Å². The summed E-state index contributed by atoms with van der Waals surface area (Å²) in [5.41, 5.74) is 5.71. The highest BCUT2D eigenvalue weighted by molar-refractivity contribution is 5.86. The average Bonchev–Trinajstić information content (AvgIpc) is 2.54. The van der Waals surface area contributed by atoms with Crippen molar-refractivity contribution in [3.8, 4) is 0 Å². The minimum atomic E-state index is -0.363. The van der Waals surface area contributed by atoms with E-state index in [1.54, 1.807) is 11.8 Å². The fourth-order valence-corrected chi connectivity index (χ4v) is 3.56. The Morgan fingerprint density at radius 3 is 2.48 bits per heavy atom. The van der Waals surface area contributed by atoms with Crippen LogP contribution in [0.5, 0.6) is 0 Å². The molecule has 2 fully saturated rings. The Hall–Kier alpha value is -1.10. The number of amides is 1. The van der Waals surface area contributed by atoms with E-state index in [9.17, 15) is 9.59 Å². The van der Waals surface area contributed by atoms with Gasteiger partial charge in [-0.3, -0.25) is 4.79 Å². The molecule has 21 heavy (non-hydrogen) atoms. The van der Waals surface area contributed by atoms with Gasteiger partial charge in [-0.25, -0.2) is 4.79 Å². The van der Waals surface area contributed by atoms with Gasteiger partial charge in [-0.2, -0.15) is 0 Å². The van der Waals surface area contributed by atoms with Gasteiger partial charge in [0.05, 0.1) is 6.61 Å². The van der Waals surface area contributed by atoms with Crippen LogP contribution in [0.2, 0.25) is 0 Å². The first-order valence-corrected chi connectivity index (χ1v) is 8.34. The minimum Gasteiger partial charge on any atom is -0.464 e. The van der Waals surface area contributed by atoms with E-state index in [-0.39, 0.29) is 23.8 Å². The van der Waals surface area contributed by atoms with E-state index in [4.69, 9.17) is 10.5 Å². The zero-order valence-corrected chi connectivity index (χ0v) is 13.1. The van der Waals surface area contributed by atoms with Gasteiger partial charge in [0, 0.05) is 12.5 Å². The second-order valence-corrected chi connectivity index (χ2v) is 6.25. The third-order valence-corrected chi connectivity index (χ3v) is 4.87. The molecule has 0 aromatic heterocycles. The number of rotatable bonds is 4. The lowest BCUT2D eigenvalue weighted by molar-refractivity contribution is -0.158. The highest BCUT2D eigenvalue weighted by Gasteiger charge is 2.37. The molecule has 2 aliphatic rings. The van der Waals surface area contributed by atoms with Crippen LogP contribution in [-0.4, -0.2) is 42.5 Å². The first-order chi connectivity index (χ1) is 10.2. The summed E-state index contributed by atoms with van der Waals surface area (Å²) >= 11 is 0. The molecule has 0 spiro atoms. The van der Waals surface area contributed by atoms with Gasteiger partial charge in [-0.05, 0) is 64.3 Å². The molecule has 1 aliphatic carbocycles. The molecule has 120 valence electrons. The van der Waals surface area contributed by atoms with Crippen molar-refractivity contribution >= 4 is 11.9 Å². The molecule has 5 nitrogen and oxygen atoms in total. The number of piperidine rings is 1. The van der Waals surface area contributed by atoms with Crippen molar-refractivity contribution in [2.24, 2.45) is 17.6 Å². The van der Waals surface area contributed by atoms with E-state index < -0.39 is 0 Å². The lowest BCUT2D eigenvalue weighted by Crippen LogP contribution is -2.51. The van der Waals surface area contributed by atoms with Crippen molar-refractivity contribution in [1.82, 2.24) is 4.90 Å². The van der Waals surface area contributed by atoms with E-state index in [0.29, 0.717) is 19.1 Å². The highest BCUT2D eigenvalue weighted by Crippen LogP contribution is 2.31. The lowest BCUT2D eigenvalue weighted by atomic mass is 9.81. The molecule has 2 rings (SSSR count). The van der Waals surface area contributed by atoms with Crippen molar-refractivity contribution in [3.05, 3.63) is 0 Å². The molecule has 5 heteroatoms. The van der Waals surface area contributed by atoms with Gasteiger partial charge in [-0.15, -0.1) is 0 Å². The van der Waals surface area contributed by atoms with Crippen LogP contribution in [0.4, 0.5) is 0 Å². The molecule has 2 N–H and O–H groups in total. The second kappa shape index (κ2) is 7.78. The Morgan fingerprint density at radius 2 is 1.86 bits per heavy atom. The van der Waals surface area contributed by atoms with Gasteiger partial charge >= 0.3 is 5.97 Å². The van der Waals surface area contributed by atoms with Crippen molar-refractivity contribution in [3.63, 3.8) is 0 Å². The first kappa shape index (κ1) is 16.3. The molecule has 0 bridgehead atoms. The number of carbonyl (C=O) groups is 2. The van der Waals surface area contributed by atoms with Gasteiger partial charge in [0.25, 0.3) is 0 Å². The van der Waals surface area contributed by atoms with Crippen LogP contribution in [0, 0.1) is 11.8 Å². The Morgan fingerprint density at radius 1 is 1.14 bits per heavy atom. The fourth-order valence-electron chi connectivity index (χ4n) is 3.56. The molecule has 1 aliphatic heterocycles. The average molecular weight is 296 g/mol. The van der Waals surface area contributed by atoms with E-state index in [1.165, 1.54) is 0 Å². The smallest absolute Gasteiger partial charge is 0.328 e. The Balaban J connectivity index is 1.97. The number of esters is 1. The van der Waals surface area contributed by atoms with Crippen LogP contribution in [0.3, 0.4) is 0 Å². The van der Waals surface area contributed by atoms with Crippen LogP contribution in [-0.2, 0) is 14.3 Å². The monoisotopic (exact) mass is 296 g/mol. The van der Waals surface area contributed by atoms with Gasteiger partial charge in [-0.1, -0.05) is 0 Å². The predicted molar refractivity (Wildman–Crippen MR) is 80.5 cm³/mol. The van der Waals surface area contributed by atoms with Gasteiger partial charge in [0.15, 0.2) is 0 Å². The normalized spacial score (nSPS) is 30.0. The molecule has 1 saturated heterocycles. The van der Waals surface area contributed by atoms with Crippen LogP contribution >= 0.6 is 0 Å². The van der Waals surface area contributed by atoms with Crippen LogP contribution in [0.1, 0.15) is 51.9 Å². The molecule has 1 saturated carbocycles. The topological polar surface area (TPSA) is 72.6 Å². The Labute approximate surface area is 127 Å². The zero-order valence-electron chi connectivity index (χ0n) is 13.1. The van der Waals surface area contributed by atoms with Crippen LogP contribution in [0.15, 0.2) is 0 Å². The largest absolute Gasteiger partial charge is 0.464 e. The molecule has 1 atom stereocenters. The lowest BCUT2D eigenvalue weighted by Gasteiger charge is -2.38. The molecule has 0 aromatic carbocycles. The molecular weight excluding hydrogens is 268 g/mol. The summed E-state index contributed by atoms with van der Waals surface area (Å²) in [6.07, 6.45) is 6.60. The van der Waals surface area contributed by atoms with Gasteiger partial charge < -0.3 is 15.4 Å². The Bertz CT molecular complexity index is 365. The van der Waals surface area contributed by atoms with Crippen molar-refractivity contribution in [2.75, 3.05) is 19.7 Å². The maximum Gasteiger partial charge on any atom is 0.328 e. The minimum absolute atomic E-state index is 0.0721. The number of hydrogen-bond donors (Lipinski definition) is 1. The third kappa shape index (κ3) is 3.96. The van der Waals surface area contributed by atoms with Crippen LogP contribution in [0.25, 0.3) is 0 Å². The second-order valence-electron chi connectivity index (χ2n) is 6.25. The summed E-state index contributed by atoms with van der Waals surface area (Å²) < 4.78 is 5.13.